The summed E-state index contributed by atoms with van der Waals surface area (Å²) in [4.78, 5) is 14.7. The van der Waals surface area contributed by atoms with Crippen molar-refractivity contribution in [1.82, 2.24) is 14.8 Å². The Morgan fingerprint density at radius 1 is 1.59 bits per heavy atom. The fourth-order valence-electron chi connectivity index (χ4n) is 1.35. The fourth-order valence-corrected chi connectivity index (χ4v) is 1.66. The maximum atomic E-state index is 13.6. The number of aryl methyl sites for hydroxylation is 1. The summed E-state index contributed by atoms with van der Waals surface area (Å²) in [5.41, 5.74) is 0.329. The highest BCUT2D eigenvalue weighted by Gasteiger charge is 2.15. The molecule has 0 aliphatic heterocycles. The van der Waals surface area contributed by atoms with E-state index in [1.54, 1.807) is 0 Å². The minimum Gasteiger partial charge on any atom is -0.478 e. The van der Waals surface area contributed by atoms with E-state index >= 15 is 0 Å². The van der Waals surface area contributed by atoms with Crippen LogP contribution in [0.2, 0.25) is 0 Å². The van der Waals surface area contributed by atoms with Gasteiger partial charge in [-0.15, -0.1) is 0 Å². The summed E-state index contributed by atoms with van der Waals surface area (Å²) in [6.07, 6.45) is 2.65. The van der Waals surface area contributed by atoms with Crippen molar-refractivity contribution in [3.8, 4) is 5.82 Å². The molecule has 88 valence electrons. The van der Waals surface area contributed by atoms with E-state index in [4.69, 9.17) is 5.11 Å². The molecule has 2 heterocycles. The number of nitrogens with zero attached hydrogens (tertiary/aromatic N) is 3. The fraction of sp³-hybridized carbons (Fsp3) is 0.100. The van der Waals surface area contributed by atoms with E-state index in [2.05, 4.69) is 26.0 Å². The number of pyridine rings is 1. The minimum atomic E-state index is -1.11. The first-order valence-corrected chi connectivity index (χ1v) is 5.39. The third-order valence-corrected chi connectivity index (χ3v) is 2.57. The lowest BCUT2D eigenvalue weighted by atomic mass is 10.3. The number of halogens is 2. The topological polar surface area (TPSA) is 68.0 Å². The second kappa shape index (κ2) is 4.25. The predicted molar refractivity (Wildman–Crippen MR) is 60.7 cm³/mol. The number of carboxylic acid groups (broad SMARTS) is 1. The highest BCUT2D eigenvalue weighted by molar-refractivity contribution is 9.10. The van der Waals surface area contributed by atoms with Crippen molar-refractivity contribution in [3.63, 3.8) is 0 Å². The average Bonchev–Trinajstić information content (AvgIpc) is 2.60. The molecule has 7 heteroatoms. The molecule has 5 nitrogen and oxygen atoms in total. The van der Waals surface area contributed by atoms with Crippen molar-refractivity contribution in [2.45, 2.75) is 6.92 Å². The zero-order valence-electron chi connectivity index (χ0n) is 8.69. The largest absolute Gasteiger partial charge is 0.478 e. The molecule has 0 spiro atoms. The Bertz CT molecular complexity index is 597. The summed E-state index contributed by atoms with van der Waals surface area (Å²) in [7, 11) is 0. The molecule has 0 radical (unpaired) electrons. The first kappa shape index (κ1) is 11.7. The number of hydrogen-bond donors (Lipinski definition) is 1. The molecular weight excluding hydrogens is 293 g/mol. The second-order valence-corrected chi connectivity index (χ2v) is 4.25. The molecule has 0 unspecified atom stereocenters. The van der Waals surface area contributed by atoms with Gasteiger partial charge in [-0.3, -0.25) is 0 Å². The van der Waals surface area contributed by atoms with Gasteiger partial charge in [0.15, 0.2) is 11.6 Å². The van der Waals surface area contributed by atoms with E-state index in [0.29, 0.717) is 10.2 Å². The van der Waals surface area contributed by atoms with E-state index in [0.717, 1.165) is 4.68 Å². The molecular formula is C10H7BrFN3O2. The molecule has 0 aliphatic carbocycles. The lowest BCUT2D eigenvalue weighted by Gasteiger charge is -2.01. The summed E-state index contributed by atoms with van der Waals surface area (Å²) in [6.45, 7) is 1.54. The summed E-state index contributed by atoms with van der Waals surface area (Å²) < 4.78 is 15.2. The molecule has 0 aliphatic rings. The molecule has 0 amide bonds. The van der Waals surface area contributed by atoms with Crippen molar-refractivity contribution in [1.29, 1.82) is 0 Å². The van der Waals surface area contributed by atoms with E-state index in [1.807, 2.05) is 0 Å². The van der Waals surface area contributed by atoms with E-state index in [1.165, 1.54) is 25.4 Å². The predicted octanol–water partition coefficient (Wildman–Crippen LogP) is 2.18. The quantitative estimate of drug-likeness (QED) is 0.923. The molecule has 1 N–H and O–H groups in total. The van der Waals surface area contributed by atoms with Crippen LogP contribution in [0.25, 0.3) is 5.82 Å². The van der Waals surface area contributed by atoms with Gasteiger partial charge in [0.1, 0.15) is 5.56 Å². The zero-order chi connectivity index (χ0) is 12.6. The Labute approximate surface area is 104 Å². The van der Waals surface area contributed by atoms with Gasteiger partial charge in [-0.2, -0.15) is 5.10 Å². The smallest absolute Gasteiger partial charge is 0.339 e. The molecule has 0 atom stereocenters. The molecule has 0 saturated heterocycles. The molecule has 17 heavy (non-hydrogen) atoms. The van der Waals surface area contributed by atoms with Crippen LogP contribution in [0.1, 0.15) is 16.1 Å². The zero-order valence-corrected chi connectivity index (χ0v) is 10.3. The maximum absolute atomic E-state index is 13.6. The Hall–Kier alpha value is -1.76. The van der Waals surface area contributed by atoms with Gasteiger partial charge in [0.25, 0.3) is 0 Å². The number of carboxylic acids is 1. The number of carbonyl (C=O) groups is 1. The number of rotatable bonds is 2. The maximum Gasteiger partial charge on any atom is 0.339 e. The second-order valence-electron chi connectivity index (χ2n) is 3.34. The van der Waals surface area contributed by atoms with Gasteiger partial charge < -0.3 is 5.11 Å². The van der Waals surface area contributed by atoms with E-state index in [9.17, 15) is 9.18 Å². The third-order valence-electron chi connectivity index (χ3n) is 2.13. The van der Waals surface area contributed by atoms with Gasteiger partial charge in [0.2, 0.25) is 0 Å². The standard InChI is InChI=1S/C10H7BrFN3O2/c1-5-7(10(16)17)4-15(14-5)9-8(12)2-6(11)3-13-9/h2-4H,1H3,(H,16,17). The lowest BCUT2D eigenvalue weighted by Crippen LogP contribution is -2.01. The van der Waals surface area contributed by atoms with Crippen molar-refractivity contribution in [2.75, 3.05) is 0 Å². The molecule has 2 aromatic rings. The van der Waals surface area contributed by atoms with Crippen LogP contribution in [0.5, 0.6) is 0 Å². The lowest BCUT2D eigenvalue weighted by molar-refractivity contribution is 0.0696. The number of hydrogen-bond acceptors (Lipinski definition) is 3. The molecule has 2 aromatic heterocycles. The van der Waals surface area contributed by atoms with Crippen LogP contribution in [-0.2, 0) is 0 Å². The van der Waals surface area contributed by atoms with Crippen LogP contribution in [0.3, 0.4) is 0 Å². The highest BCUT2D eigenvalue weighted by Crippen LogP contribution is 2.17. The first-order valence-electron chi connectivity index (χ1n) is 4.60. The average molecular weight is 300 g/mol. The van der Waals surface area contributed by atoms with Crippen LogP contribution >= 0.6 is 15.9 Å². The number of aromatic nitrogens is 3. The van der Waals surface area contributed by atoms with Crippen molar-refractivity contribution in [3.05, 3.63) is 40.0 Å². The molecule has 0 bridgehead atoms. The molecule has 0 aromatic carbocycles. The van der Waals surface area contributed by atoms with Gasteiger partial charge in [0.05, 0.1) is 5.69 Å². The van der Waals surface area contributed by atoms with Crippen molar-refractivity contribution < 1.29 is 14.3 Å². The van der Waals surface area contributed by atoms with Crippen molar-refractivity contribution >= 4 is 21.9 Å². The van der Waals surface area contributed by atoms with E-state index < -0.39 is 11.8 Å². The SMILES string of the molecule is Cc1nn(-c2ncc(Br)cc2F)cc1C(=O)O. The summed E-state index contributed by atoms with van der Waals surface area (Å²) in [5.74, 6) is -1.73. The summed E-state index contributed by atoms with van der Waals surface area (Å²) >= 11 is 3.09. The number of aromatic carboxylic acids is 1. The Morgan fingerprint density at radius 2 is 2.29 bits per heavy atom. The Morgan fingerprint density at radius 3 is 2.82 bits per heavy atom. The van der Waals surface area contributed by atoms with Gasteiger partial charge >= 0.3 is 5.97 Å². The molecule has 0 fully saturated rings. The van der Waals surface area contributed by atoms with Crippen molar-refractivity contribution in [2.24, 2.45) is 0 Å². The summed E-state index contributed by atoms with van der Waals surface area (Å²) in [5, 5.41) is 12.8. The van der Waals surface area contributed by atoms with E-state index in [-0.39, 0.29) is 11.4 Å². The Balaban J connectivity index is 2.53. The van der Waals surface area contributed by atoms with Gasteiger partial charge in [-0.1, -0.05) is 0 Å². The Kier molecular flexibility index (Phi) is 2.93. The highest BCUT2D eigenvalue weighted by atomic mass is 79.9. The monoisotopic (exact) mass is 299 g/mol. The van der Waals surface area contributed by atoms with Gasteiger partial charge in [0, 0.05) is 16.9 Å². The first-order chi connectivity index (χ1) is 7.99. The van der Waals surface area contributed by atoms with Crippen LogP contribution in [0.4, 0.5) is 4.39 Å². The molecule has 0 saturated carbocycles. The third kappa shape index (κ3) is 2.19. The summed E-state index contributed by atoms with van der Waals surface area (Å²) in [6, 6.07) is 1.24. The normalized spacial score (nSPS) is 10.5. The van der Waals surface area contributed by atoms with Crippen LogP contribution in [0.15, 0.2) is 22.9 Å². The van der Waals surface area contributed by atoms with Crippen LogP contribution in [0, 0.1) is 12.7 Å². The van der Waals surface area contributed by atoms with Gasteiger partial charge in [-0.25, -0.2) is 18.9 Å². The van der Waals surface area contributed by atoms with Crippen LogP contribution < -0.4 is 0 Å². The molecule has 2 rings (SSSR count). The van der Waals surface area contributed by atoms with Crippen LogP contribution in [-0.4, -0.2) is 25.8 Å². The minimum absolute atomic E-state index is 0.0223. The van der Waals surface area contributed by atoms with Gasteiger partial charge in [-0.05, 0) is 28.9 Å².